The van der Waals surface area contributed by atoms with Gasteiger partial charge in [-0.3, -0.25) is 4.79 Å². The van der Waals surface area contributed by atoms with E-state index in [1.165, 1.54) is 6.92 Å². The van der Waals surface area contributed by atoms with Gasteiger partial charge in [0, 0.05) is 6.92 Å². The van der Waals surface area contributed by atoms with Crippen LogP contribution in [0, 0.1) is 0 Å². The van der Waals surface area contributed by atoms with Gasteiger partial charge in [-0.2, -0.15) is 0 Å². The van der Waals surface area contributed by atoms with Gasteiger partial charge in [0.2, 0.25) is 5.91 Å². The molecule has 1 aliphatic heterocycles. The lowest BCUT2D eigenvalue weighted by atomic mass is 9.97. The average Bonchev–Trinajstić information content (AvgIpc) is 2.27. The first-order valence-corrected chi connectivity index (χ1v) is 5.91. The van der Waals surface area contributed by atoms with Crippen LogP contribution in [0.1, 0.15) is 20.8 Å². The molecule has 1 fully saturated rings. The van der Waals surface area contributed by atoms with E-state index in [0.717, 1.165) is 0 Å². The molecule has 7 nitrogen and oxygen atoms in total. The van der Waals surface area contributed by atoms with Crippen molar-refractivity contribution in [2.45, 2.75) is 57.5 Å². The maximum Gasteiger partial charge on any atom is 0.217 e. The van der Waals surface area contributed by atoms with Gasteiger partial charge in [-0.05, 0) is 13.8 Å². The molecule has 0 aromatic carbocycles. The minimum absolute atomic E-state index is 0.187. The van der Waals surface area contributed by atoms with Crippen molar-refractivity contribution in [3.63, 3.8) is 0 Å². The van der Waals surface area contributed by atoms with Crippen LogP contribution in [0.25, 0.3) is 0 Å². The number of rotatable bonds is 4. The molecule has 106 valence electrons. The lowest BCUT2D eigenvalue weighted by Gasteiger charge is -2.42. The Labute approximate surface area is 106 Å². The molecule has 7 heteroatoms. The summed E-state index contributed by atoms with van der Waals surface area (Å²) in [5.41, 5.74) is 0. The SMILES string of the molecule is CC(=O)NC1C(O)[C@@H](O)C(CO)O[C@H]1OC(C)C. The van der Waals surface area contributed by atoms with Crippen LogP contribution in [0.2, 0.25) is 0 Å². The Kier molecular flexibility index (Phi) is 5.48. The predicted octanol–water partition coefficient (Wildman–Crippen LogP) is -1.64. The highest BCUT2D eigenvalue weighted by atomic mass is 16.7. The number of carbonyl (C=O) groups excluding carboxylic acids is 1. The molecule has 1 aliphatic rings. The third kappa shape index (κ3) is 3.63. The van der Waals surface area contributed by atoms with Crippen LogP contribution >= 0.6 is 0 Å². The number of hydrogen-bond donors (Lipinski definition) is 4. The summed E-state index contributed by atoms with van der Waals surface area (Å²) in [4.78, 5) is 11.1. The van der Waals surface area contributed by atoms with Gasteiger partial charge < -0.3 is 30.1 Å². The molecular weight excluding hydrogens is 242 g/mol. The van der Waals surface area contributed by atoms with Crippen LogP contribution in [0.3, 0.4) is 0 Å². The fourth-order valence-corrected chi connectivity index (χ4v) is 1.85. The summed E-state index contributed by atoms with van der Waals surface area (Å²) in [7, 11) is 0. The number of aliphatic hydroxyl groups is 3. The van der Waals surface area contributed by atoms with Crippen LogP contribution in [0.15, 0.2) is 0 Å². The summed E-state index contributed by atoms with van der Waals surface area (Å²) in [5.74, 6) is -0.366. The van der Waals surface area contributed by atoms with E-state index in [4.69, 9.17) is 14.6 Å². The fraction of sp³-hybridized carbons (Fsp3) is 0.909. The summed E-state index contributed by atoms with van der Waals surface area (Å²) in [6.45, 7) is 4.41. The Balaban J connectivity index is 2.83. The normalized spacial score (nSPS) is 36.7. The monoisotopic (exact) mass is 263 g/mol. The third-order valence-electron chi connectivity index (χ3n) is 2.66. The Morgan fingerprint density at radius 2 is 2.00 bits per heavy atom. The first-order chi connectivity index (χ1) is 8.36. The summed E-state index contributed by atoms with van der Waals surface area (Å²) in [6, 6.07) is -0.873. The molecule has 18 heavy (non-hydrogen) atoms. The second kappa shape index (κ2) is 6.44. The highest BCUT2D eigenvalue weighted by molar-refractivity contribution is 5.73. The van der Waals surface area contributed by atoms with E-state index in [1.807, 2.05) is 0 Å². The third-order valence-corrected chi connectivity index (χ3v) is 2.66. The maximum absolute atomic E-state index is 11.1. The highest BCUT2D eigenvalue weighted by Gasteiger charge is 2.45. The minimum atomic E-state index is -1.28. The number of nitrogens with one attached hydrogen (secondary N) is 1. The molecule has 1 saturated heterocycles. The Bertz CT molecular complexity index is 285. The first kappa shape index (κ1) is 15.3. The summed E-state index contributed by atoms with van der Waals surface area (Å²) in [5, 5.41) is 31.2. The van der Waals surface area contributed by atoms with Gasteiger partial charge in [0.25, 0.3) is 0 Å². The van der Waals surface area contributed by atoms with E-state index in [2.05, 4.69) is 5.32 Å². The molecule has 0 bridgehead atoms. The molecule has 3 unspecified atom stereocenters. The Hall–Kier alpha value is -0.730. The molecule has 0 aliphatic carbocycles. The molecule has 5 atom stereocenters. The van der Waals surface area contributed by atoms with Gasteiger partial charge in [0.1, 0.15) is 24.4 Å². The van der Waals surface area contributed by atoms with Crippen molar-refractivity contribution in [3.05, 3.63) is 0 Å². The van der Waals surface area contributed by atoms with Crippen LogP contribution in [0.4, 0.5) is 0 Å². The van der Waals surface area contributed by atoms with Gasteiger partial charge in [-0.25, -0.2) is 0 Å². The van der Waals surface area contributed by atoms with Crippen molar-refractivity contribution in [1.82, 2.24) is 5.32 Å². The molecule has 4 N–H and O–H groups in total. The number of carbonyl (C=O) groups is 1. The fourth-order valence-electron chi connectivity index (χ4n) is 1.85. The molecule has 0 saturated carbocycles. The number of hydrogen-bond acceptors (Lipinski definition) is 6. The lowest BCUT2D eigenvalue weighted by Crippen LogP contribution is -2.64. The van der Waals surface area contributed by atoms with E-state index in [1.54, 1.807) is 13.8 Å². The average molecular weight is 263 g/mol. The number of aliphatic hydroxyl groups excluding tert-OH is 3. The standard InChI is InChI=1S/C11H21NO6/c1-5(2)17-11-8(12-6(3)14)10(16)9(15)7(4-13)18-11/h5,7-11,13,15-16H,4H2,1-3H3,(H,12,14)/t7?,8?,9-,10?,11+/m0/s1. The van der Waals surface area contributed by atoms with Crippen molar-refractivity contribution in [3.8, 4) is 0 Å². The summed E-state index contributed by atoms with van der Waals surface area (Å²) >= 11 is 0. The zero-order chi connectivity index (χ0) is 13.9. The molecule has 0 aromatic heterocycles. The first-order valence-electron chi connectivity index (χ1n) is 5.91. The Morgan fingerprint density at radius 1 is 1.39 bits per heavy atom. The topological polar surface area (TPSA) is 108 Å². The van der Waals surface area contributed by atoms with Crippen molar-refractivity contribution in [2.75, 3.05) is 6.61 Å². The van der Waals surface area contributed by atoms with E-state index >= 15 is 0 Å². The molecule has 0 aromatic rings. The Morgan fingerprint density at radius 3 is 2.44 bits per heavy atom. The summed E-state index contributed by atoms with van der Waals surface area (Å²) < 4.78 is 10.8. The zero-order valence-electron chi connectivity index (χ0n) is 10.7. The largest absolute Gasteiger partial charge is 0.394 e. The predicted molar refractivity (Wildman–Crippen MR) is 61.6 cm³/mol. The van der Waals surface area contributed by atoms with Crippen LogP contribution < -0.4 is 5.32 Å². The molecule has 1 heterocycles. The second-order valence-corrected chi connectivity index (χ2v) is 4.62. The maximum atomic E-state index is 11.1. The number of ether oxygens (including phenoxy) is 2. The molecule has 1 amide bonds. The van der Waals surface area contributed by atoms with E-state index < -0.39 is 37.3 Å². The number of amides is 1. The quantitative estimate of drug-likeness (QED) is 0.484. The zero-order valence-corrected chi connectivity index (χ0v) is 10.7. The van der Waals surface area contributed by atoms with E-state index in [-0.39, 0.29) is 12.0 Å². The summed E-state index contributed by atoms with van der Waals surface area (Å²) in [6.07, 6.45) is -4.58. The van der Waals surface area contributed by atoms with Gasteiger partial charge >= 0.3 is 0 Å². The van der Waals surface area contributed by atoms with Gasteiger partial charge in [0.05, 0.1) is 12.7 Å². The molecule has 0 spiro atoms. The molecular formula is C11H21NO6. The van der Waals surface area contributed by atoms with Gasteiger partial charge in [-0.1, -0.05) is 0 Å². The van der Waals surface area contributed by atoms with Crippen molar-refractivity contribution < 1.29 is 29.6 Å². The van der Waals surface area contributed by atoms with Gasteiger partial charge in [0.15, 0.2) is 6.29 Å². The molecule has 1 rings (SSSR count). The van der Waals surface area contributed by atoms with Crippen molar-refractivity contribution in [2.24, 2.45) is 0 Å². The van der Waals surface area contributed by atoms with Crippen LogP contribution in [0.5, 0.6) is 0 Å². The van der Waals surface area contributed by atoms with Crippen LogP contribution in [-0.4, -0.2) is 64.6 Å². The second-order valence-electron chi connectivity index (χ2n) is 4.62. The van der Waals surface area contributed by atoms with E-state index in [0.29, 0.717) is 0 Å². The van der Waals surface area contributed by atoms with Crippen molar-refractivity contribution in [1.29, 1.82) is 0 Å². The minimum Gasteiger partial charge on any atom is -0.394 e. The molecule has 0 radical (unpaired) electrons. The lowest BCUT2D eigenvalue weighted by molar-refractivity contribution is -0.278. The smallest absolute Gasteiger partial charge is 0.217 e. The van der Waals surface area contributed by atoms with Gasteiger partial charge in [-0.15, -0.1) is 0 Å². The van der Waals surface area contributed by atoms with E-state index in [9.17, 15) is 15.0 Å². The van der Waals surface area contributed by atoms with Crippen LogP contribution in [-0.2, 0) is 14.3 Å². The highest BCUT2D eigenvalue weighted by Crippen LogP contribution is 2.22. The van der Waals surface area contributed by atoms with Crippen molar-refractivity contribution >= 4 is 5.91 Å².